The van der Waals surface area contributed by atoms with Crippen LogP contribution in [0, 0.1) is 11.7 Å². The first kappa shape index (κ1) is 20.8. The van der Waals surface area contributed by atoms with E-state index in [9.17, 15) is 17.6 Å². The van der Waals surface area contributed by atoms with Gasteiger partial charge in [0.25, 0.3) is 0 Å². The highest BCUT2D eigenvalue weighted by Gasteiger charge is 2.42. The Morgan fingerprint density at radius 2 is 2.00 bits per heavy atom. The van der Waals surface area contributed by atoms with Gasteiger partial charge in [0, 0.05) is 6.54 Å². The van der Waals surface area contributed by atoms with Crippen molar-refractivity contribution in [3.63, 3.8) is 0 Å². The van der Waals surface area contributed by atoms with Gasteiger partial charge in [0.05, 0.1) is 11.6 Å². The lowest BCUT2D eigenvalue weighted by molar-refractivity contribution is -0.124. The number of carbonyl (C=O) groups is 1. The molecule has 0 aliphatic heterocycles. The molecule has 1 amide bonds. The van der Waals surface area contributed by atoms with Crippen LogP contribution in [0.1, 0.15) is 26.7 Å². The molecule has 4 N–H and O–H groups in total. The monoisotopic (exact) mass is 379 g/mol. The minimum absolute atomic E-state index is 0. The van der Waals surface area contributed by atoms with Crippen LogP contribution in [0.5, 0.6) is 0 Å². The quantitative estimate of drug-likeness (QED) is 0.661. The van der Waals surface area contributed by atoms with E-state index in [1.54, 1.807) is 0 Å². The summed E-state index contributed by atoms with van der Waals surface area (Å²) in [5.41, 5.74) is 5.18. The van der Waals surface area contributed by atoms with E-state index in [-0.39, 0.29) is 19.0 Å². The Labute approximate surface area is 147 Å². The molecule has 1 saturated carbocycles. The van der Waals surface area contributed by atoms with Crippen molar-refractivity contribution in [1.82, 2.24) is 10.0 Å². The fraction of sp³-hybridized carbons (Fsp3) is 0.533. The van der Waals surface area contributed by atoms with E-state index in [2.05, 4.69) is 10.0 Å². The van der Waals surface area contributed by atoms with Gasteiger partial charge in [0.15, 0.2) is 0 Å². The number of rotatable bonds is 7. The van der Waals surface area contributed by atoms with E-state index < -0.39 is 38.2 Å². The summed E-state index contributed by atoms with van der Waals surface area (Å²) in [4.78, 5) is 11.8. The Morgan fingerprint density at radius 1 is 1.42 bits per heavy atom. The first-order valence-corrected chi connectivity index (χ1v) is 8.97. The van der Waals surface area contributed by atoms with E-state index in [1.165, 1.54) is 19.1 Å². The highest BCUT2D eigenvalue weighted by atomic mass is 35.5. The smallest absolute Gasteiger partial charge is 0.244 e. The minimum Gasteiger partial charge on any atom is -0.348 e. The van der Waals surface area contributed by atoms with E-state index >= 15 is 0 Å². The molecule has 2 atom stereocenters. The standard InChI is InChI=1S/C15H22FN3O3S.ClH/c1-10(14(20)18-15(2,9-17)11-7-8-11)19-23(21,22)13-6-4-3-5-12(13)16;/h3-6,10-11,19H,7-9,17H2,1-2H3,(H,18,20);1H. The van der Waals surface area contributed by atoms with Crippen molar-refractivity contribution in [3.8, 4) is 0 Å². The maximum Gasteiger partial charge on any atom is 0.244 e. The molecule has 2 rings (SSSR count). The molecule has 0 aromatic heterocycles. The molecule has 1 fully saturated rings. The SMILES string of the molecule is CC(NS(=O)(=O)c1ccccc1F)C(=O)NC(C)(CN)C1CC1.Cl. The van der Waals surface area contributed by atoms with Gasteiger partial charge in [-0.2, -0.15) is 4.72 Å². The summed E-state index contributed by atoms with van der Waals surface area (Å²) < 4.78 is 40.2. The van der Waals surface area contributed by atoms with E-state index in [0.29, 0.717) is 5.92 Å². The molecular formula is C15H23ClFN3O3S. The highest BCUT2D eigenvalue weighted by Crippen LogP contribution is 2.38. The number of carbonyl (C=O) groups excluding carboxylic acids is 1. The van der Waals surface area contributed by atoms with Crippen molar-refractivity contribution in [3.05, 3.63) is 30.1 Å². The first-order chi connectivity index (χ1) is 10.7. The van der Waals surface area contributed by atoms with Crippen LogP contribution in [0.2, 0.25) is 0 Å². The lowest BCUT2D eigenvalue weighted by atomic mass is 9.95. The van der Waals surface area contributed by atoms with Crippen molar-refractivity contribution < 1.29 is 17.6 Å². The normalized spacial score (nSPS) is 18.2. The molecule has 24 heavy (non-hydrogen) atoms. The topological polar surface area (TPSA) is 101 Å². The molecule has 9 heteroatoms. The van der Waals surface area contributed by atoms with Crippen LogP contribution in [-0.4, -0.2) is 32.5 Å². The highest BCUT2D eigenvalue weighted by molar-refractivity contribution is 7.89. The molecule has 0 saturated heterocycles. The maximum atomic E-state index is 13.6. The van der Waals surface area contributed by atoms with E-state index in [4.69, 9.17) is 5.73 Å². The van der Waals surface area contributed by atoms with Gasteiger partial charge >= 0.3 is 0 Å². The van der Waals surface area contributed by atoms with Crippen molar-refractivity contribution >= 4 is 28.3 Å². The number of halogens is 2. The van der Waals surface area contributed by atoms with Gasteiger partial charge in [-0.3, -0.25) is 4.79 Å². The Hall–Kier alpha value is -1.22. The molecule has 1 aliphatic carbocycles. The van der Waals surface area contributed by atoms with E-state index in [0.717, 1.165) is 25.0 Å². The molecule has 1 aliphatic rings. The van der Waals surface area contributed by atoms with Gasteiger partial charge in [0.1, 0.15) is 10.7 Å². The van der Waals surface area contributed by atoms with Crippen molar-refractivity contribution in [2.24, 2.45) is 11.7 Å². The minimum atomic E-state index is -4.12. The lowest BCUT2D eigenvalue weighted by Gasteiger charge is -2.31. The second-order valence-corrected chi connectivity index (χ2v) is 7.84. The fourth-order valence-electron chi connectivity index (χ4n) is 2.44. The number of benzene rings is 1. The first-order valence-electron chi connectivity index (χ1n) is 7.48. The molecule has 0 radical (unpaired) electrons. The van der Waals surface area contributed by atoms with Crippen molar-refractivity contribution in [2.45, 2.75) is 43.2 Å². The van der Waals surface area contributed by atoms with Crippen LogP contribution in [-0.2, 0) is 14.8 Å². The third-order valence-corrected chi connectivity index (χ3v) is 5.74. The van der Waals surface area contributed by atoms with Crippen molar-refractivity contribution in [1.29, 1.82) is 0 Å². The Kier molecular flexibility index (Phi) is 6.75. The average Bonchev–Trinajstić information content (AvgIpc) is 3.31. The zero-order chi connectivity index (χ0) is 17.3. The summed E-state index contributed by atoms with van der Waals surface area (Å²) >= 11 is 0. The van der Waals surface area contributed by atoms with Crippen LogP contribution in [0.15, 0.2) is 29.2 Å². The van der Waals surface area contributed by atoms with Crippen LogP contribution in [0.25, 0.3) is 0 Å². The summed E-state index contributed by atoms with van der Waals surface area (Å²) in [5.74, 6) is -1.03. The van der Waals surface area contributed by atoms with Crippen molar-refractivity contribution in [2.75, 3.05) is 6.54 Å². The predicted octanol–water partition coefficient (Wildman–Crippen LogP) is 1.16. The fourth-order valence-corrected chi connectivity index (χ4v) is 3.72. The van der Waals surface area contributed by atoms with Gasteiger partial charge in [-0.15, -0.1) is 12.4 Å². The number of nitrogens with one attached hydrogen (secondary N) is 2. The number of hydrogen-bond acceptors (Lipinski definition) is 4. The molecule has 0 heterocycles. The molecule has 136 valence electrons. The number of nitrogens with two attached hydrogens (primary N) is 1. The number of amides is 1. The number of hydrogen-bond donors (Lipinski definition) is 3. The number of sulfonamides is 1. The van der Waals surface area contributed by atoms with Gasteiger partial charge < -0.3 is 11.1 Å². The molecule has 1 aromatic rings. The zero-order valence-electron chi connectivity index (χ0n) is 13.6. The lowest BCUT2D eigenvalue weighted by Crippen LogP contribution is -2.57. The Bertz CT molecular complexity index is 697. The third kappa shape index (κ3) is 4.66. The second-order valence-electron chi connectivity index (χ2n) is 6.16. The average molecular weight is 380 g/mol. The van der Waals surface area contributed by atoms with Gasteiger partial charge in [-0.05, 0) is 44.7 Å². The van der Waals surface area contributed by atoms with Crippen LogP contribution >= 0.6 is 12.4 Å². The van der Waals surface area contributed by atoms with Crippen LogP contribution < -0.4 is 15.8 Å². The van der Waals surface area contributed by atoms with Crippen LogP contribution in [0.4, 0.5) is 4.39 Å². The predicted molar refractivity (Wildman–Crippen MR) is 91.8 cm³/mol. The molecule has 6 nitrogen and oxygen atoms in total. The maximum absolute atomic E-state index is 13.6. The van der Waals surface area contributed by atoms with Gasteiger partial charge in [-0.25, -0.2) is 12.8 Å². The Morgan fingerprint density at radius 3 is 2.50 bits per heavy atom. The molecule has 2 unspecified atom stereocenters. The van der Waals surface area contributed by atoms with Crippen LogP contribution in [0.3, 0.4) is 0 Å². The summed E-state index contributed by atoms with van der Waals surface area (Å²) in [7, 11) is -4.12. The Balaban J connectivity index is 0.00000288. The summed E-state index contributed by atoms with van der Waals surface area (Å²) in [6.07, 6.45) is 1.98. The molecular weight excluding hydrogens is 357 g/mol. The summed E-state index contributed by atoms with van der Waals surface area (Å²) in [5, 5.41) is 2.81. The zero-order valence-corrected chi connectivity index (χ0v) is 15.2. The summed E-state index contributed by atoms with van der Waals surface area (Å²) in [6, 6.07) is 3.98. The van der Waals surface area contributed by atoms with Gasteiger partial charge in [0.2, 0.25) is 15.9 Å². The molecule has 0 bridgehead atoms. The molecule has 1 aromatic carbocycles. The third-order valence-electron chi connectivity index (χ3n) is 4.16. The summed E-state index contributed by atoms with van der Waals surface area (Å²) in [6.45, 7) is 3.54. The second kappa shape index (κ2) is 7.77. The van der Waals surface area contributed by atoms with Gasteiger partial charge in [-0.1, -0.05) is 12.1 Å². The molecule has 0 spiro atoms. The largest absolute Gasteiger partial charge is 0.348 e. The van der Waals surface area contributed by atoms with E-state index in [1.807, 2.05) is 6.92 Å².